The second kappa shape index (κ2) is 5.53. The van der Waals surface area contributed by atoms with Crippen molar-refractivity contribution in [2.75, 3.05) is 0 Å². The molecule has 0 rings (SSSR count). The van der Waals surface area contributed by atoms with E-state index in [9.17, 15) is 0 Å². The van der Waals surface area contributed by atoms with Crippen molar-refractivity contribution in [3.05, 3.63) is 23.1 Å². The summed E-state index contributed by atoms with van der Waals surface area (Å²) in [7, 11) is 0. The molecule has 0 aromatic heterocycles. The first-order valence-corrected chi connectivity index (χ1v) is 3.21. The van der Waals surface area contributed by atoms with E-state index in [1.165, 1.54) is 0 Å². The molecular weight excluding hydrogens is 128 g/mol. The lowest BCUT2D eigenvalue weighted by Gasteiger charge is -1.83. The first-order chi connectivity index (χ1) is 4.31. The van der Waals surface area contributed by atoms with Crippen molar-refractivity contribution in [2.45, 2.75) is 13.3 Å². The van der Waals surface area contributed by atoms with Gasteiger partial charge in [0, 0.05) is 6.42 Å². The number of hydrogen-bond donors (Lipinski definition) is 1. The fourth-order valence-electron chi connectivity index (χ4n) is 0.344. The highest BCUT2D eigenvalue weighted by molar-refractivity contribution is 7.84. The quantitative estimate of drug-likeness (QED) is 0.338. The molecule has 48 valence electrons. The topological polar surface area (TPSA) is 0 Å². The van der Waals surface area contributed by atoms with Crippen LogP contribution in [0.2, 0.25) is 0 Å². The van der Waals surface area contributed by atoms with Crippen LogP contribution in [0.25, 0.3) is 0 Å². The molecule has 0 radical (unpaired) electrons. The summed E-state index contributed by atoms with van der Waals surface area (Å²) in [5, 5.41) is 0. The van der Waals surface area contributed by atoms with E-state index in [-0.39, 0.29) is 0 Å². The third-order valence-corrected chi connectivity index (χ3v) is 1.23. The van der Waals surface area contributed by atoms with Gasteiger partial charge in [0.05, 0.1) is 0 Å². The minimum atomic E-state index is 0.678. The average molecular weight is 138 g/mol. The normalized spacial score (nSPS) is 11.9. The summed E-state index contributed by atoms with van der Waals surface area (Å²) in [4.78, 5) is 0.949. The van der Waals surface area contributed by atoms with Gasteiger partial charge in [-0.2, -0.15) is 0 Å². The molecule has 0 fully saturated rings. The van der Waals surface area contributed by atoms with Crippen LogP contribution in [0.15, 0.2) is 23.1 Å². The number of terminal acetylenes is 1. The zero-order valence-electron chi connectivity index (χ0n) is 5.46. The molecule has 0 heterocycles. The van der Waals surface area contributed by atoms with Crippen LogP contribution in [0.3, 0.4) is 0 Å². The van der Waals surface area contributed by atoms with Crippen LogP contribution < -0.4 is 0 Å². The Morgan fingerprint density at radius 2 is 2.44 bits per heavy atom. The Balaban J connectivity index is 3.61. The number of rotatable bonds is 2. The second-order valence-corrected chi connectivity index (χ2v) is 2.04. The summed E-state index contributed by atoms with van der Waals surface area (Å²) in [6, 6.07) is 0. The third-order valence-electron chi connectivity index (χ3n) is 0.820. The summed E-state index contributed by atoms with van der Waals surface area (Å²) in [6.07, 6.45) is 11.4. The Morgan fingerprint density at radius 1 is 1.78 bits per heavy atom. The number of hydrogen-bond acceptors (Lipinski definition) is 1. The summed E-state index contributed by atoms with van der Waals surface area (Å²) in [5.41, 5.74) is 0. The van der Waals surface area contributed by atoms with Gasteiger partial charge in [-0.25, -0.2) is 0 Å². The van der Waals surface area contributed by atoms with E-state index < -0.39 is 0 Å². The van der Waals surface area contributed by atoms with Gasteiger partial charge in [-0.1, -0.05) is 18.2 Å². The van der Waals surface area contributed by atoms with Gasteiger partial charge in [-0.15, -0.1) is 25.0 Å². The lowest BCUT2D eigenvalue weighted by molar-refractivity contribution is 1.47. The Bertz CT molecular complexity index is 158. The minimum absolute atomic E-state index is 0.678. The van der Waals surface area contributed by atoms with Gasteiger partial charge in [-0.3, -0.25) is 0 Å². The summed E-state index contributed by atoms with van der Waals surface area (Å²) in [5.74, 6) is 2.50. The lowest BCUT2D eigenvalue weighted by atomic mass is 10.4. The van der Waals surface area contributed by atoms with Crippen LogP contribution in [0.5, 0.6) is 0 Å². The minimum Gasteiger partial charge on any atom is -0.144 e. The van der Waals surface area contributed by atoms with Gasteiger partial charge in [0.2, 0.25) is 0 Å². The van der Waals surface area contributed by atoms with Crippen LogP contribution in [0.4, 0.5) is 0 Å². The van der Waals surface area contributed by atoms with E-state index in [1.807, 2.05) is 25.2 Å². The second-order valence-electron chi connectivity index (χ2n) is 1.52. The van der Waals surface area contributed by atoms with Crippen LogP contribution >= 0.6 is 12.6 Å². The SMILES string of the molecule is C#CC/C=C\C(S)=C/C. The van der Waals surface area contributed by atoms with Crippen LogP contribution in [-0.4, -0.2) is 0 Å². The highest BCUT2D eigenvalue weighted by Gasteiger charge is 1.74. The first-order valence-electron chi connectivity index (χ1n) is 2.76. The number of allylic oxidation sites excluding steroid dienone is 3. The summed E-state index contributed by atoms with van der Waals surface area (Å²) < 4.78 is 0. The lowest BCUT2D eigenvalue weighted by Crippen LogP contribution is -1.60. The van der Waals surface area contributed by atoms with Crippen LogP contribution in [-0.2, 0) is 0 Å². The van der Waals surface area contributed by atoms with E-state index in [0.717, 1.165) is 4.91 Å². The Labute approximate surface area is 62.1 Å². The average Bonchev–Trinajstić information content (AvgIpc) is 1.89. The highest BCUT2D eigenvalue weighted by atomic mass is 32.1. The molecule has 0 aromatic rings. The predicted molar refractivity (Wildman–Crippen MR) is 45.3 cm³/mol. The molecule has 1 heteroatoms. The van der Waals surface area contributed by atoms with Crippen molar-refractivity contribution in [3.63, 3.8) is 0 Å². The standard InChI is InChI=1S/C8H10S/c1-3-5-6-7-8(9)4-2/h1,4,6-7,9H,5H2,2H3/b7-6-,8-4+. The maximum absolute atomic E-state index is 5.01. The van der Waals surface area contributed by atoms with E-state index in [4.69, 9.17) is 6.42 Å². The van der Waals surface area contributed by atoms with Crippen molar-refractivity contribution in [3.8, 4) is 12.3 Å². The molecular formula is C8H10S. The van der Waals surface area contributed by atoms with Crippen molar-refractivity contribution in [1.29, 1.82) is 0 Å². The predicted octanol–water partition coefficient (Wildman–Crippen LogP) is 2.40. The Morgan fingerprint density at radius 3 is 2.89 bits per heavy atom. The monoisotopic (exact) mass is 138 g/mol. The smallest absolute Gasteiger partial charge is 0.0270 e. The van der Waals surface area contributed by atoms with Gasteiger partial charge < -0.3 is 0 Å². The largest absolute Gasteiger partial charge is 0.144 e. The fraction of sp³-hybridized carbons (Fsp3) is 0.250. The van der Waals surface area contributed by atoms with Gasteiger partial charge in [0.15, 0.2) is 0 Å². The van der Waals surface area contributed by atoms with Crippen LogP contribution in [0, 0.1) is 12.3 Å². The molecule has 0 amide bonds. The molecule has 0 aromatic carbocycles. The molecule has 0 saturated heterocycles. The van der Waals surface area contributed by atoms with Crippen molar-refractivity contribution < 1.29 is 0 Å². The molecule has 0 nitrogen and oxygen atoms in total. The first kappa shape index (κ1) is 8.39. The van der Waals surface area contributed by atoms with E-state index in [0.29, 0.717) is 6.42 Å². The molecule has 0 aliphatic rings. The maximum atomic E-state index is 5.01. The summed E-state index contributed by atoms with van der Waals surface area (Å²) >= 11 is 4.11. The molecule has 0 spiro atoms. The van der Waals surface area contributed by atoms with E-state index in [2.05, 4.69) is 18.5 Å². The zero-order valence-corrected chi connectivity index (χ0v) is 6.36. The molecule has 0 N–H and O–H groups in total. The van der Waals surface area contributed by atoms with Gasteiger partial charge >= 0.3 is 0 Å². The fourth-order valence-corrected chi connectivity index (χ4v) is 0.449. The van der Waals surface area contributed by atoms with Crippen molar-refractivity contribution in [1.82, 2.24) is 0 Å². The maximum Gasteiger partial charge on any atom is 0.0270 e. The molecule has 0 saturated carbocycles. The molecule has 9 heavy (non-hydrogen) atoms. The number of thiol groups is 1. The van der Waals surface area contributed by atoms with Gasteiger partial charge in [0.1, 0.15) is 0 Å². The molecule has 0 bridgehead atoms. The summed E-state index contributed by atoms with van der Waals surface area (Å²) in [6.45, 7) is 1.93. The van der Waals surface area contributed by atoms with Gasteiger partial charge in [-0.05, 0) is 11.8 Å². The van der Waals surface area contributed by atoms with Crippen molar-refractivity contribution >= 4 is 12.6 Å². The molecule has 0 unspecified atom stereocenters. The highest BCUT2D eigenvalue weighted by Crippen LogP contribution is 2.00. The molecule has 0 atom stereocenters. The van der Waals surface area contributed by atoms with E-state index >= 15 is 0 Å². The third kappa shape index (κ3) is 5.26. The molecule has 0 aliphatic heterocycles. The zero-order chi connectivity index (χ0) is 7.11. The molecule has 0 aliphatic carbocycles. The van der Waals surface area contributed by atoms with E-state index in [1.54, 1.807) is 0 Å². The van der Waals surface area contributed by atoms with Crippen molar-refractivity contribution in [2.24, 2.45) is 0 Å². The van der Waals surface area contributed by atoms with Gasteiger partial charge in [0.25, 0.3) is 0 Å². The van der Waals surface area contributed by atoms with Crippen LogP contribution in [0.1, 0.15) is 13.3 Å². The Hall–Kier alpha value is -0.610. The Kier molecular flexibility index (Phi) is 5.15.